The highest BCUT2D eigenvalue weighted by Gasteiger charge is 2.13. The van der Waals surface area contributed by atoms with Gasteiger partial charge in [0.25, 0.3) is 0 Å². The fourth-order valence-corrected chi connectivity index (χ4v) is 3.64. The number of hydrogen-bond acceptors (Lipinski definition) is 1. The summed E-state index contributed by atoms with van der Waals surface area (Å²) in [6.45, 7) is 5.89. The van der Waals surface area contributed by atoms with Crippen LogP contribution in [0.15, 0.2) is 85.4 Å². The number of hydrogen-bond donors (Lipinski definition) is 0. The molecule has 0 aliphatic heterocycles. The van der Waals surface area contributed by atoms with Crippen LogP contribution in [0.2, 0.25) is 0 Å². The van der Waals surface area contributed by atoms with E-state index in [2.05, 4.69) is 6.58 Å². The van der Waals surface area contributed by atoms with Crippen molar-refractivity contribution in [1.82, 2.24) is 0 Å². The Morgan fingerprint density at radius 3 is 2.00 bits per heavy atom. The molecular weight excluding hydrogens is 433 g/mol. The van der Waals surface area contributed by atoms with E-state index in [0.717, 1.165) is 22.3 Å². The lowest BCUT2D eigenvalue weighted by atomic mass is 10.0. The Hall–Kier alpha value is -4.05. The van der Waals surface area contributed by atoms with Gasteiger partial charge in [0, 0.05) is 11.1 Å². The third-order valence-corrected chi connectivity index (χ3v) is 5.50. The van der Waals surface area contributed by atoms with Gasteiger partial charge in [-0.3, -0.25) is 0 Å². The van der Waals surface area contributed by atoms with Gasteiger partial charge in [-0.25, -0.2) is 13.2 Å². The van der Waals surface area contributed by atoms with E-state index in [4.69, 9.17) is 4.74 Å². The van der Waals surface area contributed by atoms with Crippen LogP contribution in [0.5, 0.6) is 5.75 Å². The Morgan fingerprint density at radius 1 is 0.706 bits per heavy atom. The summed E-state index contributed by atoms with van der Waals surface area (Å²) in [6.07, 6.45) is 4.94. The van der Waals surface area contributed by atoms with E-state index in [1.807, 2.05) is 24.3 Å². The van der Waals surface area contributed by atoms with Crippen LogP contribution in [0.4, 0.5) is 13.2 Å². The molecule has 0 aliphatic carbocycles. The zero-order valence-electron chi connectivity index (χ0n) is 18.7. The third kappa shape index (κ3) is 4.96. The Bertz CT molecular complexity index is 1340. The molecule has 170 valence electrons. The minimum Gasteiger partial charge on any atom is -0.491 e. The highest BCUT2D eigenvalue weighted by molar-refractivity contribution is 5.75. The molecule has 0 bridgehead atoms. The maximum absolute atomic E-state index is 14.7. The molecule has 0 N–H and O–H groups in total. The van der Waals surface area contributed by atoms with E-state index in [1.165, 1.54) is 12.1 Å². The molecule has 4 heteroatoms. The monoisotopic (exact) mass is 456 g/mol. The van der Waals surface area contributed by atoms with Gasteiger partial charge in [0.2, 0.25) is 0 Å². The smallest absolute Gasteiger partial charge is 0.167 e. The van der Waals surface area contributed by atoms with E-state index in [9.17, 15) is 13.2 Å². The first kappa shape index (κ1) is 23.1. The van der Waals surface area contributed by atoms with Crippen molar-refractivity contribution in [2.75, 3.05) is 6.61 Å². The molecule has 34 heavy (non-hydrogen) atoms. The summed E-state index contributed by atoms with van der Waals surface area (Å²) in [6, 6.07) is 22.4. The van der Waals surface area contributed by atoms with Gasteiger partial charge in [0.15, 0.2) is 23.2 Å². The molecule has 0 heterocycles. The Labute approximate surface area is 197 Å². The largest absolute Gasteiger partial charge is 0.491 e. The van der Waals surface area contributed by atoms with Gasteiger partial charge in [0.05, 0.1) is 6.61 Å². The SMILES string of the molecule is C=Cc1ccc(-c2ccc(C=Cc3ccc(-c4ccc(OCC)c(F)c4)cc3)c(F)c2F)cc1. The van der Waals surface area contributed by atoms with Crippen molar-refractivity contribution in [1.29, 1.82) is 0 Å². The summed E-state index contributed by atoms with van der Waals surface area (Å²) in [5.74, 6) is -1.98. The molecule has 0 fully saturated rings. The highest BCUT2D eigenvalue weighted by atomic mass is 19.2. The molecule has 0 saturated carbocycles. The lowest BCUT2D eigenvalue weighted by Gasteiger charge is -2.08. The lowest BCUT2D eigenvalue weighted by Crippen LogP contribution is -1.94. The van der Waals surface area contributed by atoms with E-state index >= 15 is 0 Å². The predicted octanol–water partition coefficient (Wildman–Crippen LogP) is 8.65. The van der Waals surface area contributed by atoms with Gasteiger partial charge in [0.1, 0.15) is 0 Å². The lowest BCUT2D eigenvalue weighted by molar-refractivity contribution is 0.321. The van der Waals surface area contributed by atoms with Crippen molar-refractivity contribution >= 4 is 18.2 Å². The zero-order valence-corrected chi connectivity index (χ0v) is 18.7. The summed E-state index contributed by atoms with van der Waals surface area (Å²) >= 11 is 0. The minimum atomic E-state index is -0.900. The van der Waals surface area contributed by atoms with E-state index in [1.54, 1.807) is 67.6 Å². The second kappa shape index (κ2) is 10.3. The Balaban J connectivity index is 1.52. The molecule has 4 aromatic rings. The van der Waals surface area contributed by atoms with Crippen LogP contribution in [0, 0.1) is 17.5 Å². The van der Waals surface area contributed by atoms with Crippen molar-refractivity contribution in [3.8, 4) is 28.0 Å². The average molecular weight is 457 g/mol. The van der Waals surface area contributed by atoms with Gasteiger partial charge < -0.3 is 4.74 Å². The van der Waals surface area contributed by atoms with Gasteiger partial charge in [-0.1, -0.05) is 91.5 Å². The van der Waals surface area contributed by atoms with E-state index in [0.29, 0.717) is 12.2 Å². The second-order valence-corrected chi connectivity index (χ2v) is 7.69. The van der Waals surface area contributed by atoms with Crippen molar-refractivity contribution in [3.63, 3.8) is 0 Å². The van der Waals surface area contributed by atoms with Crippen molar-refractivity contribution < 1.29 is 17.9 Å². The molecule has 1 nitrogen and oxygen atoms in total. The Morgan fingerprint density at radius 2 is 1.35 bits per heavy atom. The molecule has 4 aromatic carbocycles. The maximum atomic E-state index is 14.7. The molecule has 0 saturated heterocycles. The first-order valence-electron chi connectivity index (χ1n) is 10.9. The highest BCUT2D eigenvalue weighted by Crippen LogP contribution is 2.29. The first-order valence-corrected chi connectivity index (χ1v) is 10.9. The van der Waals surface area contributed by atoms with Crippen LogP contribution in [0.3, 0.4) is 0 Å². The number of ether oxygens (including phenoxy) is 1. The maximum Gasteiger partial charge on any atom is 0.167 e. The van der Waals surface area contributed by atoms with Crippen molar-refractivity contribution in [2.45, 2.75) is 6.92 Å². The Kier molecular flexibility index (Phi) is 6.98. The molecule has 0 unspecified atom stereocenters. The summed E-state index contributed by atoms with van der Waals surface area (Å²) in [5.41, 5.74) is 4.23. The number of halogens is 3. The molecule has 0 aromatic heterocycles. The first-order chi connectivity index (χ1) is 16.5. The zero-order chi connectivity index (χ0) is 24.1. The van der Waals surface area contributed by atoms with Crippen LogP contribution in [0.25, 0.3) is 40.5 Å². The van der Waals surface area contributed by atoms with Gasteiger partial charge >= 0.3 is 0 Å². The van der Waals surface area contributed by atoms with Crippen LogP contribution in [-0.2, 0) is 0 Å². The molecule has 0 spiro atoms. The van der Waals surface area contributed by atoms with E-state index < -0.39 is 17.5 Å². The van der Waals surface area contributed by atoms with Gasteiger partial charge in [-0.05, 0) is 46.9 Å². The summed E-state index contributed by atoms with van der Waals surface area (Å²) in [7, 11) is 0. The van der Waals surface area contributed by atoms with Gasteiger partial charge in [-0.15, -0.1) is 0 Å². The summed E-state index contributed by atoms with van der Waals surface area (Å²) in [4.78, 5) is 0. The topological polar surface area (TPSA) is 9.23 Å². The molecular formula is C30H23F3O. The standard InChI is InChI=1S/C30H23F3O/c1-3-20-5-12-23(13-6-20)26-17-15-24(29(32)30(26)33)14-9-21-7-10-22(11-8-21)25-16-18-28(34-4-2)27(31)19-25/h3,5-19H,1,4H2,2H3. The number of benzene rings is 4. The van der Waals surface area contributed by atoms with Crippen molar-refractivity contribution in [3.05, 3.63) is 120 Å². The van der Waals surface area contributed by atoms with Crippen LogP contribution < -0.4 is 4.74 Å². The van der Waals surface area contributed by atoms with Crippen LogP contribution in [-0.4, -0.2) is 6.61 Å². The van der Waals surface area contributed by atoms with Crippen LogP contribution >= 0.6 is 0 Å². The fourth-order valence-electron chi connectivity index (χ4n) is 3.64. The second-order valence-electron chi connectivity index (χ2n) is 7.69. The molecule has 0 aliphatic rings. The van der Waals surface area contributed by atoms with Gasteiger partial charge in [-0.2, -0.15) is 0 Å². The quantitative estimate of drug-likeness (QED) is 0.253. The number of rotatable bonds is 7. The summed E-state index contributed by atoms with van der Waals surface area (Å²) in [5, 5.41) is 0. The summed E-state index contributed by atoms with van der Waals surface area (Å²) < 4.78 is 48.8. The minimum absolute atomic E-state index is 0.154. The van der Waals surface area contributed by atoms with E-state index in [-0.39, 0.29) is 16.9 Å². The third-order valence-electron chi connectivity index (χ3n) is 5.50. The normalized spacial score (nSPS) is 11.1. The average Bonchev–Trinajstić information content (AvgIpc) is 2.87. The molecule has 4 rings (SSSR count). The van der Waals surface area contributed by atoms with Crippen molar-refractivity contribution in [2.24, 2.45) is 0 Å². The predicted molar refractivity (Wildman–Crippen MR) is 134 cm³/mol. The fraction of sp³-hybridized carbons (Fsp3) is 0.0667. The molecule has 0 amide bonds. The molecule has 0 atom stereocenters. The molecule has 0 radical (unpaired) electrons. The van der Waals surface area contributed by atoms with Crippen LogP contribution in [0.1, 0.15) is 23.6 Å².